The maximum atomic E-state index is 5.54. The second-order valence-electron chi connectivity index (χ2n) is 7.59. The lowest BCUT2D eigenvalue weighted by atomic mass is 10.2. The smallest absolute Gasteiger partial charge is 0.119 e. The highest BCUT2D eigenvalue weighted by Crippen LogP contribution is 2.34. The van der Waals surface area contributed by atoms with Gasteiger partial charge in [0.05, 0.1) is 26.0 Å². The third-order valence-corrected chi connectivity index (χ3v) is 8.07. The van der Waals surface area contributed by atoms with Gasteiger partial charge in [-0.1, -0.05) is 60.7 Å². The number of hydrogen-bond acceptors (Lipinski definition) is 4. The summed E-state index contributed by atoms with van der Waals surface area (Å²) in [5, 5.41) is 11.0. The third kappa shape index (κ3) is 5.15. The van der Waals surface area contributed by atoms with E-state index >= 15 is 0 Å². The first kappa shape index (κ1) is 21.5. The van der Waals surface area contributed by atoms with Gasteiger partial charge in [-0.3, -0.25) is 5.01 Å². The minimum atomic E-state index is -0.716. The lowest BCUT2D eigenvalue weighted by Crippen LogP contribution is -2.29. The van der Waals surface area contributed by atoms with Gasteiger partial charge in [0.1, 0.15) is 5.75 Å². The Hall–Kier alpha value is -2.68. The quantitative estimate of drug-likeness (QED) is 0.400. The van der Waals surface area contributed by atoms with Crippen LogP contribution in [0.25, 0.3) is 0 Å². The standard InChI is InChI=1S/C26H29N2O2P/c1-29-20-22-10-9-17-28(22)27-19-21-18-23(30-2)15-16-26(21)31(24-11-5-3-6-12-24)25-13-7-4-8-14-25/h3-8,11-16,18-19,22H,9-10,17,20H2,1-2H3/b27-19+/t22-/m0/s1. The third-order valence-electron chi connectivity index (χ3n) is 5.55. The van der Waals surface area contributed by atoms with Gasteiger partial charge in [0, 0.05) is 19.2 Å². The van der Waals surface area contributed by atoms with Crippen molar-refractivity contribution in [1.29, 1.82) is 0 Å². The molecule has 160 valence electrons. The van der Waals surface area contributed by atoms with E-state index in [-0.39, 0.29) is 0 Å². The van der Waals surface area contributed by atoms with Crippen molar-refractivity contribution in [1.82, 2.24) is 5.01 Å². The lowest BCUT2D eigenvalue weighted by molar-refractivity contribution is 0.118. The van der Waals surface area contributed by atoms with Gasteiger partial charge in [0.25, 0.3) is 0 Å². The van der Waals surface area contributed by atoms with Gasteiger partial charge in [-0.2, -0.15) is 5.10 Å². The SMILES string of the molecule is COC[C@@H]1CCCN1/N=C/c1cc(OC)ccc1P(c1ccccc1)c1ccccc1. The molecule has 31 heavy (non-hydrogen) atoms. The number of hydrogen-bond donors (Lipinski definition) is 0. The van der Waals surface area contributed by atoms with E-state index in [9.17, 15) is 0 Å². The fraction of sp³-hybridized carbons (Fsp3) is 0.269. The van der Waals surface area contributed by atoms with Crippen LogP contribution in [-0.2, 0) is 4.74 Å². The summed E-state index contributed by atoms with van der Waals surface area (Å²) >= 11 is 0. The lowest BCUT2D eigenvalue weighted by Gasteiger charge is -2.23. The summed E-state index contributed by atoms with van der Waals surface area (Å²) in [6, 6.07) is 28.2. The van der Waals surface area contributed by atoms with Crippen molar-refractivity contribution in [2.45, 2.75) is 18.9 Å². The van der Waals surface area contributed by atoms with Gasteiger partial charge in [-0.25, -0.2) is 0 Å². The first-order valence-electron chi connectivity index (χ1n) is 10.7. The molecule has 1 saturated heterocycles. The van der Waals surface area contributed by atoms with E-state index in [0.717, 1.165) is 30.7 Å². The van der Waals surface area contributed by atoms with Crippen molar-refractivity contribution >= 4 is 30.0 Å². The molecule has 0 aliphatic carbocycles. The van der Waals surface area contributed by atoms with E-state index in [1.807, 2.05) is 6.21 Å². The van der Waals surface area contributed by atoms with Crippen LogP contribution in [0.1, 0.15) is 18.4 Å². The topological polar surface area (TPSA) is 34.1 Å². The molecule has 4 rings (SSSR count). The molecule has 0 unspecified atom stereocenters. The van der Waals surface area contributed by atoms with Gasteiger partial charge in [-0.05, 0) is 54.9 Å². The number of hydrazone groups is 1. The molecule has 1 aliphatic heterocycles. The molecule has 1 heterocycles. The Labute approximate surface area is 186 Å². The average Bonchev–Trinajstić information content (AvgIpc) is 3.27. The molecule has 0 N–H and O–H groups in total. The summed E-state index contributed by atoms with van der Waals surface area (Å²) in [7, 11) is 2.75. The Balaban J connectivity index is 1.76. The molecular weight excluding hydrogens is 403 g/mol. The van der Waals surface area contributed by atoms with Gasteiger partial charge in [0.2, 0.25) is 0 Å². The minimum Gasteiger partial charge on any atom is -0.497 e. The zero-order valence-corrected chi connectivity index (χ0v) is 19.0. The van der Waals surface area contributed by atoms with E-state index in [1.54, 1.807) is 14.2 Å². The molecule has 3 aromatic carbocycles. The molecule has 0 aromatic heterocycles. The molecule has 5 heteroatoms. The molecule has 0 bridgehead atoms. The second kappa shape index (κ2) is 10.6. The van der Waals surface area contributed by atoms with E-state index in [4.69, 9.17) is 14.6 Å². The summed E-state index contributed by atoms with van der Waals surface area (Å²) in [6.07, 6.45) is 4.28. The zero-order chi connectivity index (χ0) is 21.5. The predicted molar refractivity (Wildman–Crippen MR) is 131 cm³/mol. The van der Waals surface area contributed by atoms with Crippen LogP contribution in [-0.4, -0.2) is 44.6 Å². The van der Waals surface area contributed by atoms with Crippen LogP contribution in [0.5, 0.6) is 5.75 Å². The van der Waals surface area contributed by atoms with Crippen molar-refractivity contribution in [3.8, 4) is 5.75 Å². The largest absolute Gasteiger partial charge is 0.497 e. The molecular formula is C26H29N2O2P. The van der Waals surface area contributed by atoms with Crippen molar-refractivity contribution in [2.75, 3.05) is 27.4 Å². The molecule has 0 saturated carbocycles. The van der Waals surface area contributed by atoms with E-state index in [0.29, 0.717) is 12.6 Å². The van der Waals surface area contributed by atoms with E-state index in [1.165, 1.54) is 15.9 Å². The zero-order valence-electron chi connectivity index (χ0n) is 18.1. The van der Waals surface area contributed by atoms with Gasteiger partial charge < -0.3 is 9.47 Å². The Morgan fingerprint density at radius 3 is 2.26 bits per heavy atom. The predicted octanol–water partition coefficient (Wildman–Crippen LogP) is 3.90. The van der Waals surface area contributed by atoms with E-state index < -0.39 is 7.92 Å². The van der Waals surface area contributed by atoms with Crippen molar-refractivity contribution in [3.63, 3.8) is 0 Å². The van der Waals surface area contributed by atoms with Crippen LogP contribution in [0.15, 0.2) is 84.0 Å². The van der Waals surface area contributed by atoms with Crippen LogP contribution in [0.3, 0.4) is 0 Å². The fourth-order valence-electron chi connectivity index (χ4n) is 4.02. The molecule has 0 amide bonds. The number of benzene rings is 3. The second-order valence-corrected chi connectivity index (χ2v) is 9.78. The van der Waals surface area contributed by atoms with Crippen LogP contribution in [0.2, 0.25) is 0 Å². The normalized spacial score (nSPS) is 16.4. The summed E-state index contributed by atoms with van der Waals surface area (Å²) in [5.74, 6) is 0.844. The van der Waals surface area contributed by atoms with E-state index in [2.05, 4.69) is 83.9 Å². The highest BCUT2D eigenvalue weighted by Gasteiger charge is 2.23. The van der Waals surface area contributed by atoms with Crippen molar-refractivity contribution in [3.05, 3.63) is 84.4 Å². The highest BCUT2D eigenvalue weighted by molar-refractivity contribution is 7.80. The van der Waals surface area contributed by atoms with Crippen molar-refractivity contribution in [2.24, 2.45) is 5.10 Å². The Bertz CT molecular complexity index is 955. The first-order chi connectivity index (χ1) is 15.3. The number of methoxy groups -OCH3 is 2. The molecule has 3 aromatic rings. The number of rotatable bonds is 8. The minimum absolute atomic E-state index is 0.347. The van der Waals surface area contributed by atoms with Crippen LogP contribution < -0.4 is 20.7 Å². The number of nitrogens with zero attached hydrogens (tertiary/aromatic N) is 2. The number of ether oxygens (including phenoxy) is 2. The summed E-state index contributed by atoms with van der Waals surface area (Å²) in [5.41, 5.74) is 1.10. The maximum absolute atomic E-state index is 5.54. The first-order valence-corrected chi connectivity index (χ1v) is 12.0. The summed E-state index contributed by atoms with van der Waals surface area (Å²) in [6.45, 7) is 1.68. The highest BCUT2D eigenvalue weighted by atomic mass is 31.1. The maximum Gasteiger partial charge on any atom is 0.119 e. The Morgan fingerprint density at radius 1 is 0.968 bits per heavy atom. The fourth-order valence-corrected chi connectivity index (χ4v) is 6.42. The molecule has 1 aliphatic rings. The van der Waals surface area contributed by atoms with Gasteiger partial charge >= 0.3 is 0 Å². The van der Waals surface area contributed by atoms with Crippen molar-refractivity contribution < 1.29 is 9.47 Å². The summed E-state index contributed by atoms with van der Waals surface area (Å²) < 4.78 is 10.9. The molecule has 1 fully saturated rings. The Morgan fingerprint density at radius 2 is 1.65 bits per heavy atom. The molecule has 0 radical (unpaired) electrons. The van der Waals surface area contributed by atoms with Crippen LogP contribution in [0, 0.1) is 0 Å². The molecule has 1 atom stereocenters. The monoisotopic (exact) mass is 432 g/mol. The van der Waals surface area contributed by atoms with Crippen LogP contribution in [0.4, 0.5) is 0 Å². The van der Waals surface area contributed by atoms with Gasteiger partial charge in [0.15, 0.2) is 0 Å². The Kier molecular flexibility index (Phi) is 7.35. The average molecular weight is 433 g/mol. The van der Waals surface area contributed by atoms with Gasteiger partial charge in [-0.15, -0.1) is 0 Å². The van der Waals surface area contributed by atoms with Crippen LogP contribution >= 0.6 is 7.92 Å². The summed E-state index contributed by atoms with van der Waals surface area (Å²) in [4.78, 5) is 0. The molecule has 4 nitrogen and oxygen atoms in total. The molecule has 0 spiro atoms.